The first-order valence-corrected chi connectivity index (χ1v) is 7.44. The van der Waals surface area contributed by atoms with E-state index in [1.54, 1.807) is 24.4 Å². The summed E-state index contributed by atoms with van der Waals surface area (Å²) in [6.07, 6.45) is 1.55. The molecule has 25 heavy (non-hydrogen) atoms. The maximum absolute atomic E-state index is 10.9. The smallest absolute Gasteiger partial charge is 0.273 e. The minimum atomic E-state index is -0.470. The van der Waals surface area contributed by atoms with Gasteiger partial charge in [-0.25, -0.2) is 0 Å². The van der Waals surface area contributed by atoms with Crippen LogP contribution in [0.15, 0.2) is 70.2 Å². The minimum absolute atomic E-state index is 0.0407. The van der Waals surface area contributed by atoms with Crippen LogP contribution in [-0.4, -0.2) is 18.2 Å². The predicted molar refractivity (Wildman–Crippen MR) is 95.0 cm³/mol. The van der Waals surface area contributed by atoms with Crippen LogP contribution in [0.5, 0.6) is 5.75 Å². The molecule has 3 rings (SSSR count). The predicted octanol–water partition coefficient (Wildman–Crippen LogP) is 4.31. The SMILES string of the molecule is COc1cc([N+](=O)[O-])ccc1-c1ccc(/C=N\Nc2ccccc2)o1. The largest absolute Gasteiger partial charge is 0.496 e. The third-order valence-corrected chi connectivity index (χ3v) is 3.45. The molecule has 0 radical (unpaired) electrons. The van der Waals surface area contributed by atoms with Gasteiger partial charge in [0.25, 0.3) is 5.69 Å². The number of rotatable bonds is 6. The summed E-state index contributed by atoms with van der Waals surface area (Å²) in [5.74, 6) is 1.45. The average molecular weight is 337 g/mol. The highest BCUT2D eigenvalue weighted by atomic mass is 16.6. The van der Waals surface area contributed by atoms with Gasteiger partial charge in [-0.05, 0) is 30.3 Å². The maximum Gasteiger partial charge on any atom is 0.273 e. The lowest BCUT2D eigenvalue weighted by Gasteiger charge is -2.05. The number of nitrogens with zero attached hydrogens (tertiary/aromatic N) is 2. The third-order valence-electron chi connectivity index (χ3n) is 3.45. The van der Waals surface area contributed by atoms with Crippen molar-refractivity contribution in [1.82, 2.24) is 0 Å². The van der Waals surface area contributed by atoms with E-state index in [2.05, 4.69) is 10.5 Å². The first-order valence-electron chi connectivity index (χ1n) is 7.44. The number of nitrogens with one attached hydrogen (secondary N) is 1. The van der Waals surface area contributed by atoms with Crippen molar-refractivity contribution in [2.75, 3.05) is 12.5 Å². The molecule has 2 aromatic carbocycles. The molecule has 0 unspecified atom stereocenters. The Morgan fingerprint density at radius 3 is 2.68 bits per heavy atom. The first-order chi connectivity index (χ1) is 12.2. The van der Waals surface area contributed by atoms with Gasteiger partial charge in [0, 0.05) is 6.07 Å². The maximum atomic E-state index is 10.9. The highest BCUT2D eigenvalue weighted by Crippen LogP contribution is 2.34. The molecule has 0 bridgehead atoms. The molecule has 1 heterocycles. The molecule has 0 atom stereocenters. The molecule has 0 aliphatic rings. The zero-order valence-corrected chi connectivity index (χ0v) is 13.4. The average Bonchev–Trinajstić information content (AvgIpc) is 3.10. The molecule has 0 spiro atoms. The van der Waals surface area contributed by atoms with Crippen LogP contribution in [0.3, 0.4) is 0 Å². The van der Waals surface area contributed by atoms with Gasteiger partial charge in [-0.3, -0.25) is 15.5 Å². The number of nitro benzene ring substituents is 1. The Hall–Kier alpha value is -3.61. The van der Waals surface area contributed by atoms with E-state index in [1.807, 2.05) is 30.3 Å². The van der Waals surface area contributed by atoms with Crippen molar-refractivity contribution >= 4 is 17.6 Å². The van der Waals surface area contributed by atoms with Gasteiger partial charge in [-0.15, -0.1) is 0 Å². The van der Waals surface area contributed by atoms with E-state index in [9.17, 15) is 10.1 Å². The second kappa shape index (κ2) is 7.31. The number of para-hydroxylation sites is 1. The fraction of sp³-hybridized carbons (Fsp3) is 0.0556. The van der Waals surface area contributed by atoms with Crippen LogP contribution >= 0.6 is 0 Å². The molecule has 0 aliphatic heterocycles. The number of anilines is 1. The summed E-state index contributed by atoms with van der Waals surface area (Å²) >= 11 is 0. The van der Waals surface area contributed by atoms with Gasteiger partial charge in [0.15, 0.2) is 0 Å². The second-order valence-corrected chi connectivity index (χ2v) is 5.08. The highest BCUT2D eigenvalue weighted by molar-refractivity contribution is 5.79. The van der Waals surface area contributed by atoms with Gasteiger partial charge in [-0.2, -0.15) is 5.10 Å². The van der Waals surface area contributed by atoms with Crippen molar-refractivity contribution in [1.29, 1.82) is 0 Å². The molecule has 0 saturated carbocycles. The van der Waals surface area contributed by atoms with Gasteiger partial charge in [0.2, 0.25) is 0 Å². The number of nitro groups is 1. The molecule has 0 saturated heterocycles. The van der Waals surface area contributed by atoms with Crippen molar-refractivity contribution in [3.8, 4) is 17.1 Å². The van der Waals surface area contributed by atoms with E-state index >= 15 is 0 Å². The zero-order valence-electron chi connectivity index (χ0n) is 13.4. The van der Waals surface area contributed by atoms with Crippen LogP contribution < -0.4 is 10.2 Å². The summed E-state index contributed by atoms with van der Waals surface area (Å²) in [5, 5.41) is 15.0. The van der Waals surface area contributed by atoms with Crippen LogP contribution in [0.4, 0.5) is 11.4 Å². The lowest BCUT2D eigenvalue weighted by atomic mass is 10.1. The number of hydrogen-bond donors (Lipinski definition) is 1. The van der Waals surface area contributed by atoms with Crippen molar-refractivity contribution in [3.63, 3.8) is 0 Å². The molecule has 0 fully saturated rings. The molecule has 0 amide bonds. The molecule has 1 aromatic heterocycles. The van der Waals surface area contributed by atoms with Gasteiger partial charge >= 0.3 is 0 Å². The monoisotopic (exact) mass is 337 g/mol. The summed E-state index contributed by atoms with van der Waals surface area (Å²) < 4.78 is 10.9. The minimum Gasteiger partial charge on any atom is -0.496 e. The summed E-state index contributed by atoms with van der Waals surface area (Å²) in [6.45, 7) is 0. The standard InChI is InChI=1S/C18H15N3O4/c1-24-18-11-14(21(22)23)7-9-16(18)17-10-8-15(25-17)12-19-20-13-5-3-2-4-6-13/h2-12,20H,1H3/b19-12-. The Kier molecular flexibility index (Phi) is 4.75. The Morgan fingerprint density at radius 1 is 1.16 bits per heavy atom. The van der Waals surface area contributed by atoms with Crippen LogP contribution in [0, 0.1) is 10.1 Å². The van der Waals surface area contributed by atoms with Gasteiger partial charge in [0.05, 0.1) is 35.6 Å². The number of furan rings is 1. The summed E-state index contributed by atoms with van der Waals surface area (Å²) in [7, 11) is 1.46. The Bertz CT molecular complexity index is 904. The van der Waals surface area contributed by atoms with Crippen molar-refractivity contribution in [2.24, 2.45) is 5.10 Å². The summed E-state index contributed by atoms with van der Waals surface area (Å²) in [5.41, 5.74) is 4.35. The fourth-order valence-electron chi connectivity index (χ4n) is 2.25. The Balaban J connectivity index is 1.78. The molecule has 1 N–H and O–H groups in total. The topological polar surface area (TPSA) is 89.9 Å². The molecule has 126 valence electrons. The van der Waals surface area contributed by atoms with E-state index in [4.69, 9.17) is 9.15 Å². The third kappa shape index (κ3) is 3.84. The molecular formula is C18H15N3O4. The Labute approximate surface area is 143 Å². The van der Waals surface area contributed by atoms with E-state index in [-0.39, 0.29) is 5.69 Å². The molecule has 7 heteroatoms. The van der Waals surface area contributed by atoms with Crippen molar-refractivity contribution < 1.29 is 14.1 Å². The normalized spacial score (nSPS) is 10.8. The number of methoxy groups -OCH3 is 1. The van der Waals surface area contributed by atoms with Gasteiger partial charge < -0.3 is 9.15 Å². The lowest BCUT2D eigenvalue weighted by Crippen LogP contribution is -1.92. The first kappa shape index (κ1) is 16.3. The Morgan fingerprint density at radius 2 is 1.96 bits per heavy atom. The van der Waals surface area contributed by atoms with Crippen molar-refractivity contribution in [2.45, 2.75) is 0 Å². The molecule has 0 aliphatic carbocycles. The summed E-state index contributed by atoms with van der Waals surface area (Å²) in [4.78, 5) is 10.4. The number of benzene rings is 2. The quantitative estimate of drug-likeness (QED) is 0.411. The molecule has 7 nitrogen and oxygen atoms in total. The van der Waals surface area contributed by atoms with E-state index in [0.717, 1.165) is 5.69 Å². The second-order valence-electron chi connectivity index (χ2n) is 5.08. The fourth-order valence-corrected chi connectivity index (χ4v) is 2.25. The molecule has 3 aromatic rings. The van der Waals surface area contributed by atoms with Crippen LogP contribution in [-0.2, 0) is 0 Å². The van der Waals surface area contributed by atoms with E-state index in [1.165, 1.54) is 19.2 Å². The summed E-state index contributed by atoms with van der Waals surface area (Å²) in [6, 6.07) is 17.4. The number of hydrogen-bond acceptors (Lipinski definition) is 6. The molecular weight excluding hydrogens is 322 g/mol. The number of non-ortho nitro benzene ring substituents is 1. The van der Waals surface area contributed by atoms with Crippen LogP contribution in [0.1, 0.15) is 5.76 Å². The zero-order chi connectivity index (χ0) is 17.6. The highest BCUT2D eigenvalue weighted by Gasteiger charge is 2.15. The van der Waals surface area contributed by atoms with Gasteiger partial charge in [0.1, 0.15) is 17.3 Å². The van der Waals surface area contributed by atoms with Crippen LogP contribution in [0.25, 0.3) is 11.3 Å². The van der Waals surface area contributed by atoms with E-state index in [0.29, 0.717) is 22.8 Å². The van der Waals surface area contributed by atoms with Crippen LogP contribution in [0.2, 0.25) is 0 Å². The lowest BCUT2D eigenvalue weighted by molar-refractivity contribution is -0.384. The van der Waals surface area contributed by atoms with Crippen molar-refractivity contribution in [3.05, 3.63) is 76.5 Å². The number of ether oxygens (including phenoxy) is 1. The van der Waals surface area contributed by atoms with E-state index < -0.39 is 4.92 Å². The number of hydrazone groups is 1. The van der Waals surface area contributed by atoms with Gasteiger partial charge in [-0.1, -0.05) is 18.2 Å².